The maximum atomic E-state index is 13.3. The first-order chi connectivity index (χ1) is 19.0. The van der Waals surface area contributed by atoms with Crippen LogP contribution in [0.25, 0.3) is 22.0 Å². The van der Waals surface area contributed by atoms with Gasteiger partial charge >= 0.3 is 0 Å². The monoisotopic (exact) mass is 526 g/mol. The van der Waals surface area contributed by atoms with E-state index in [1.807, 2.05) is 35.2 Å². The Kier molecular flexibility index (Phi) is 8.59. The molecule has 7 heteroatoms. The molecule has 1 aliphatic heterocycles. The minimum Gasteiger partial charge on any atom is -0.385 e. The zero-order valence-electron chi connectivity index (χ0n) is 22.6. The van der Waals surface area contributed by atoms with Gasteiger partial charge in [-0.15, -0.1) is 0 Å². The van der Waals surface area contributed by atoms with Crippen molar-refractivity contribution in [1.82, 2.24) is 14.5 Å². The first-order valence-corrected chi connectivity index (χ1v) is 13.9. The molecule has 5 rings (SSSR count). The molecule has 2 aromatic carbocycles. The van der Waals surface area contributed by atoms with E-state index in [0.717, 1.165) is 62.2 Å². The smallest absolute Gasteiger partial charge is 0.247 e. The molecule has 1 saturated heterocycles. The minimum absolute atomic E-state index is 0.115. The Labute approximate surface area is 229 Å². The predicted molar refractivity (Wildman–Crippen MR) is 156 cm³/mol. The number of pyridine rings is 1. The van der Waals surface area contributed by atoms with Crippen molar-refractivity contribution in [1.29, 1.82) is 0 Å². The highest BCUT2D eigenvalue weighted by Crippen LogP contribution is 2.32. The number of rotatable bonds is 10. The highest BCUT2D eigenvalue weighted by atomic mass is 16.5. The minimum atomic E-state index is -0.239. The molecular weight excluding hydrogens is 488 g/mol. The van der Waals surface area contributed by atoms with E-state index in [1.165, 1.54) is 22.7 Å². The molecule has 0 bridgehead atoms. The van der Waals surface area contributed by atoms with Crippen LogP contribution in [0.3, 0.4) is 0 Å². The third-order valence-corrected chi connectivity index (χ3v) is 7.77. The number of aromatic amines is 1. The van der Waals surface area contributed by atoms with Crippen LogP contribution in [0.15, 0.2) is 77.7 Å². The summed E-state index contributed by atoms with van der Waals surface area (Å²) in [5, 5.41) is 1.25. The first-order valence-electron chi connectivity index (χ1n) is 13.9. The molecule has 1 unspecified atom stereocenters. The predicted octanol–water partition coefficient (Wildman–Crippen LogP) is 4.70. The van der Waals surface area contributed by atoms with Crippen LogP contribution in [0.1, 0.15) is 42.9 Å². The van der Waals surface area contributed by atoms with Crippen molar-refractivity contribution in [3.8, 4) is 11.1 Å². The van der Waals surface area contributed by atoms with Gasteiger partial charge in [-0.3, -0.25) is 9.59 Å². The summed E-state index contributed by atoms with van der Waals surface area (Å²) in [7, 11) is 1.74. The number of para-hydroxylation sites is 1. The van der Waals surface area contributed by atoms with Gasteiger partial charge in [-0.1, -0.05) is 42.5 Å². The van der Waals surface area contributed by atoms with Crippen molar-refractivity contribution in [2.75, 3.05) is 26.8 Å². The van der Waals surface area contributed by atoms with E-state index >= 15 is 0 Å². The number of piperidine rings is 1. The first kappa shape index (κ1) is 26.9. The van der Waals surface area contributed by atoms with E-state index in [2.05, 4.69) is 39.9 Å². The van der Waals surface area contributed by atoms with Crippen LogP contribution in [0.2, 0.25) is 0 Å². The SMILES string of the molecule is COCCCn1c(C2CCCN(C(=O)C[C@H](N)Cc3ccc(-c4ccc(=O)[nH]c4)cc3)C2)cc2ccccc21. The number of nitrogens with zero attached hydrogens (tertiary/aromatic N) is 2. The van der Waals surface area contributed by atoms with E-state index in [4.69, 9.17) is 10.5 Å². The molecule has 1 aliphatic rings. The Balaban J connectivity index is 1.21. The average molecular weight is 527 g/mol. The number of fused-ring (bicyclic) bond motifs is 1. The number of hydrogen-bond acceptors (Lipinski definition) is 4. The van der Waals surface area contributed by atoms with Gasteiger partial charge < -0.3 is 24.9 Å². The second-order valence-corrected chi connectivity index (χ2v) is 10.6. The van der Waals surface area contributed by atoms with Crippen LogP contribution < -0.4 is 11.3 Å². The molecule has 1 fully saturated rings. The Morgan fingerprint density at radius 2 is 1.90 bits per heavy atom. The van der Waals surface area contributed by atoms with Gasteiger partial charge in [0.1, 0.15) is 0 Å². The highest BCUT2D eigenvalue weighted by molar-refractivity contribution is 5.82. The van der Waals surface area contributed by atoms with Crippen LogP contribution >= 0.6 is 0 Å². The fraction of sp³-hybridized carbons (Fsp3) is 0.375. The Morgan fingerprint density at radius 3 is 2.67 bits per heavy atom. The summed E-state index contributed by atoms with van der Waals surface area (Å²) in [6, 6.07) is 22.1. The average Bonchev–Trinajstić information content (AvgIpc) is 3.33. The van der Waals surface area contributed by atoms with E-state index in [9.17, 15) is 9.59 Å². The van der Waals surface area contributed by atoms with Crippen LogP contribution in [-0.2, 0) is 22.5 Å². The fourth-order valence-electron chi connectivity index (χ4n) is 5.78. The van der Waals surface area contributed by atoms with Crippen molar-refractivity contribution in [2.24, 2.45) is 5.73 Å². The molecule has 0 aliphatic carbocycles. The van der Waals surface area contributed by atoms with Gasteiger partial charge in [0.15, 0.2) is 0 Å². The molecule has 2 aromatic heterocycles. The normalized spacial score (nSPS) is 16.5. The van der Waals surface area contributed by atoms with Gasteiger partial charge in [0.05, 0.1) is 0 Å². The maximum Gasteiger partial charge on any atom is 0.247 e. The summed E-state index contributed by atoms with van der Waals surface area (Å²) in [6.07, 6.45) is 5.73. The number of nitrogens with one attached hydrogen (secondary N) is 1. The number of likely N-dealkylation sites (tertiary alicyclic amines) is 1. The van der Waals surface area contributed by atoms with Crippen LogP contribution in [0.5, 0.6) is 0 Å². The third kappa shape index (κ3) is 6.49. The molecule has 0 saturated carbocycles. The number of aryl methyl sites for hydroxylation is 1. The molecule has 204 valence electrons. The number of nitrogens with two attached hydrogens (primary N) is 1. The molecule has 2 atom stereocenters. The number of hydrogen-bond donors (Lipinski definition) is 2. The number of amides is 1. The van der Waals surface area contributed by atoms with Crippen LogP contribution in [-0.4, -0.2) is 53.2 Å². The molecule has 0 radical (unpaired) electrons. The van der Waals surface area contributed by atoms with Crippen molar-refractivity contribution in [2.45, 2.75) is 50.6 Å². The number of benzene rings is 2. The second kappa shape index (κ2) is 12.5. The molecular formula is C32H38N4O3. The van der Waals surface area contributed by atoms with Crippen molar-refractivity contribution >= 4 is 16.8 Å². The number of carbonyl (C=O) groups excluding carboxylic acids is 1. The molecule has 3 N–H and O–H groups in total. The molecule has 39 heavy (non-hydrogen) atoms. The van der Waals surface area contributed by atoms with Crippen molar-refractivity contribution < 1.29 is 9.53 Å². The van der Waals surface area contributed by atoms with E-state index in [1.54, 1.807) is 13.3 Å². The number of aromatic nitrogens is 2. The second-order valence-electron chi connectivity index (χ2n) is 10.6. The lowest BCUT2D eigenvalue weighted by Crippen LogP contribution is -2.42. The van der Waals surface area contributed by atoms with Gasteiger partial charge in [0, 0.05) is 75.2 Å². The largest absolute Gasteiger partial charge is 0.385 e. The zero-order chi connectivity index (χ0) is 27.2. The summed E-state index contributed by atoms with van der Waals surface area (Å²) in [5.74, 6) is 0.452. The summed E-state index contributed by atoms with van der Waals surface area (Å²) >= 11 is 0. The molecule has 4 aromatic rings. The maximum absolute atomic E-state index is 13.3. The number of methoxy groups -OCH3 is 1. The quantitative estimate of drug-likeness (QED) is 0.293. The van der Waals surface area contributed by atoms with Gasteiger partial charge in [-0.25, -0.2) is 0 Å². The zero-order valence-corrected chi connectivity index (χ0v) is 22.6. The van der Waals surface area contributed by atoms with Gasteiger partial charge in [-0.05, 0) is 66.0 Å². The number of H-pyrrole nitrogens is 1. The summed E-state index contributed by atoms with van der Waals surface area (Å²) in [6.45, 7) is 3.17. The van der Waals surface area contributed by atoms with Crippen LogP contribution in [0, 0.1) is 0 Å². The summed E-state index contributed by atoms with van der Waals surface area (Å²) in [4.78, 5) is 29.3. The van der Waals surface area contributed by atoms with Gasteiger partial charge in [0.25, 0.3) is 0 Å². The molecule has 0 spiro atoms. The highest BCUT2D eigenvalue weighted by Gasteiger charge is 2.28. The fourth-order valence-corrected chi connectivity index (χ4v) is 5.78. The molecule has 7 nitrogen and oxygen atoms in total. The van der Waals surface area contributed by atoms with Crippen molar-refractivity contribution in [3.63, 3.8) is 0 Å². The standard InChI is InChI=1S/C32H38N4O3/c1-39-17-5-16-36-29-8-3-2-6-25(29)19-30(36)27-7-4-15-35(22-27)32(38)20-28(33)18-23-9-11-24(12-10-23)26-13-14-31(37)34-21-26/h2-3,6,8-14,19,21,27-28H,4-5,7,15-18,20,22,33H2,1H3,(H,34,37)/t27?,28-/m1/s1. The lowest BCUT2D eigenvalue weighted by atomic mass is 9.93. The topological polar surface area (TPSA) is 93.3 Å². The number of ether oxygens (including phenoxy) is 1. The number of carbonyl (C=O) groups is 1. The lowest BCUT2D eigenvalue weighted by molar-refractivity contribution is -0.132. The molecule has 3 heterocycles. The lowest BCUT2D eigenvalue weighted by Gasteiger charge is -2.34. The van der Waals surface area contributed by atoms with Crippen molar-refractivity contribution in [3.05, 3.63) is 94.5 Å². The van der Waals surface area contributed by atoms with E-state index in [0.29, 0.717) is 18.8 Å². The van der Waals surface area contributed by atoms with Gasteiger partial charge in [0.2, 0.25) is 11.5 Å². The molecule has 1 amide bonds. The Morgan fingerprint density at radius 1 is 1.10 bits per heavy atom. The Hall–Kier alpha value is -3.68. The third-order valence-electron chi connectivity index (χ3n) is 7.77. The van der Waals surface area contributed by atoms with E-state index in [-0.39, 0.29) is 17.5 Å². The van der Waals surface area contributed by atoms with Crippen LogP contribution in [0.4, 0.5) is 0 Å². The van der Waals surface area contributed by atoms with Gasteiger partial charge in [-0.2, -0.15) is 0 Å². The summed E-state index contributed by atoms with van der Waals surface area (Å²) in [5.41, 5.74) is 12.0. The van der Waals surface area contributed by atoms with E-state index < -0.39 is 0 Å². The Bertz CT molecular complexity index is 1440. The summed E-state index contributed by atoms with van der Waals surface area (Å²) < 4.78 is 7.73.